The predicted octanol–water partition coefficient (Wildman–Crippen LogP) is 3.64. The highest BCUT2D eigenvalue weighted by atomic mass is 32.2. The molecule has 0 aromatic heterocycles. The van der Waals surface area contributed by atoms with Crippen LogP contribution >= 0.6 is 0 Å². The molecule has 0 aliphatic heterocycles. The molecule has 0 fully saturated rings. The van der Waals surface area contributed by atoms with Gasteiger partial charge in [0, 0.05) is 13.1 Å². The average Bonchev–Trinajstić information content (AvgIpc) is 2.83. The number of rotatable bonds is 13. The molecule has 7 nitrogen and oxygen atoms in total. The minimum atomic E-state index is -3.72. The number of amides is 2. The second-order valence-corrected chi connectivity index (χ2v) is 11.1. The van der Waals surface area contributed by atoms with Crippen molar-refractivity contribution in [2.24, 2.45) is 5.92 Å². The molecule has 0 unspecified atom stereocenters. The summed E-state index contributed by atoms with van der Waals surface area (Å²) in [4.78, 5) is 28.2. The van der Waals surface area contributed by atoms with E-state index in [9.17, 15) is 18.0 Å². The van der Waals surface area contributed by atoms with Gasteiger partial charge in [-0.2, -0.15) is 0 Å². The summed E-state index contributed by atoms with van der Waals surface area (Å²) in [5, 5.41) is 2.93. The quantitative estimate of drug-likeness (QED) is 0.454. The van der Waals surface area contributed by atoms with E-state index in [0.717, 1.165) is 28.1 Å². The monoisotopic (exact) mass is 501 g/mol. The molecule has 192 valence electrons. The summed E-state index contributed by atoms with van der Waals surface area (Å²) in [6.45, 7) is 8.35. The van der Waals surface area contributed by atoms with E-state index >= 15 is 0 Å². The summed E-state index contributed by atoms with van der Waals surface area (Å²) >= 11 is 0. The highest BCUT2D eigenvalue weighted by Crippen LogP contribution is 2.20. The molecule has 0 radical (unpaired) electrons. The fourth-order valence-corrected chi connectivity index (χ4v) is 4.68. The third-order valence-electron chi connectivity index (χ3n) is 5.87. The minimum Gasteiger partial charge on any atom is -0.354 e. The Bertz CT molecular complexity index is 1050. The predicted molar refractivity (Wildman–Crippen MR) is 142 cm³/mol. The third kappa shape index (κ3) is 8.69. The lowest BCUT2D eigenvalue weighted by Gasteiger charge is -2.33. The number of nitrogens with zero attached hydrogens (tertiary/aromatic N) is 2. The molecule has 0 heterocycles. The summed E-state index contributed by atoms with van der Waals surface area (Å²) in [6, 6.07) is 16.2. The molecule has 2 aromatic rings. The van der Waals surface area contributed by atoms with Crippen LogP contribution in [-0.4, -0.2) is 57.1 Å². The average molecular weight is 502 g/mol. The van der Waals surface area contributed by atoms with Gasteiger partial charge in [0.15, 0.2) is 0 Å². The molecule has 1 atom stereocenters. The Morgan fingerprint density at radius 3 is 2.09 bits per heavy atom. The van der Waals surface area contributed by atoms with E-state index < -0.39 is 22.0 Å². The van der Waals surface area contributed by atoms with Crippen LogP contribution in [0.5, 0.6) is 0 Å². The lowest BCUT2D eigenvalue weighted by molar-refractivity contribution is -0.139. The molecule has 0 aliphatic carbocycles. The Morgan fingerprint density at radius 1 is 0.943 bits per heavy atom. The molecule has 0 saturated heterocycles. The first-order valence-electron chi connectivity index (χ1n) is 12.2. The third-order valence-corrected chi connectivity index (χ3v) is 7.01. The molecule has 2 rings (SSSR count). The SMILES string of the molecule is CCc1ccc(N(CC(=O)N(CCc2ccccc2)[C@H](CC)C(=O)NCC(C)C)S(C)(=O)=O)cc1. The van der Waals surface area contributed by atoms with E-state index in [1.165, 1.54) is 4.90 Å². The number of carbonyl (C=O) groups is 2. The molecular weight excluding hydrogens is 462 g/mol. The summed E-state index contributed by atoms with van der Waals surface area (Å²) in [5.74, 6) is -0.352. The maximum atomic E-state index is 13.6. The molecule has 35 heavy (non-hydrogen) atoms. The normalized spacial score (nSPS) is 12.3. The summed E-state index contributed by atoms with van der Waals surface area (Å²) in [7, 11) is -3.72. The van der Waals surface area contributed by atoms with Crippen molar-refractivity contribution in [3.8, 4) is 0 Å². The standard InChI is InChI=1S/C27H39N3O4S/c1-6-22-13-15-24(16-14-22)30(35(5,33)34)20-26(31)29(18-17-23-11-9-8-10-12-23)25(7-2)27(32)28-19-21(3)4/h8-16,21,25H,6-7,17-20H2,1-5H3,(H,28,32)/t25-/m1/s1. The van der Waals surface area contributed by atoms with Crippen molar-refractivity contribution >= 4 is 27.5 Å². The van der Waals surface area contributed by atoms with E-state index in [1.807, 2.05) is 70.2 Å². The van der Waals surface area contributed by atoms with Gasteiger partial charge < -0.3 is 10.2 Å². The van der Waals surface area contributed by atoms with E-state index in [1.54, 1.807) is 12.1 Å². The topological polar surface area (TPSA) is 86.8 Å². The molecular formula is C27H39N3O4S. The van der Waals surface area contributed by atoms with Gasteiger partial charge in [-0.3, -0.25) is 13.9 Å². The van der Waals surface area contributed by atoms with Gasteiger partial charge in [-0.15, -0.1) is 0 Å². The van der Waals surface area contributed by atoms with Gasteiger partial charge in [-0.25, -0.2) is 8.42 Å². The van der Waals surface area contributed by atoms with Gasteiger partial charge in [-0.05, 0) is 48.4 Å². The fraction of sp³-hybridized carbons (Fsp3) is 0.481. The van der Waals surface area contributed by atoms with Crippen LogP contribution in [0.4, 0.5) is 5.69 Å². The van der Waals surface area contributed by atoms with Gasteiger partial charge in [-0.1, -0.05) is 70.2 Å². The number of hydrogen-bond donors (Lipinski definition) is 1. The number of carbonyl (C=O) groups excluding carboxylic acids is 2. The van der Waals surface area contributed by atoms with Crippen molar-refractivity contribution < 1.29 is 18.0 Å². The second-order valence-electron chi connectivity index (χ2n) is 9.18. The van der Waals surface area contributed by atoms with Crippen LogP contribution < -0.4 is 9.62 Å². The zero-order valence-electron chi connectivity index (χ0n) is 21.5. The highest BCUT2D eigenvalue weighted by Gasteiger charge is 2.31. The Kier molecular flexibility index (Phi) is 10.8. The van der Waals surface area contributed by atoms with Crippen molar-refractivity contribution in [2.45, 2.75) is 53.0 Å². The first-order valence-corrected chi connectivity index (χ1v) is 14.1. The molecule has 0 spiro atoms. The number of benzene rings is 2. The second kappa shape index (κ2) is 13.3. The zero-order valence-corrected chi connectivity index (χ0v) is 22.3. The largest absolute Gasteiger partial charge is 0.354 e. The fourth-order valence-electron chi connectivity index (χ4n) is 3.83. The minimum absolute atomic E-state index is 0.221. The van der Waals surface area contributed by atoms with Crippen molar-refractivity contribution in [3.63, 3.8) is 0 Å². The summed E-state index contributed by atoms with van der Waals surface area (Å²) in [6.07, 6.45) is 2.91. The zero-order chi connectivity index (χ0) is 26.0. The molecule has 2 amide bonds. The first kappa shape index (κ1) is 28.4. The number of sulfonamides is 1. The van der Waals surface area contributed by atoms with Crippen LogP contribution in [0.15, 0.2) is 54.6 Å². The van der Waals surface area contributed by atoms with E-state index in [2.05, 4.69) is 5.32 Å². The van der Waals surface area contributed by atoms with E-state index in [4.69, 9.17) is 0 Å². The Balaban J connectivity index is 2.33. The molecule has 8 heteroatoms. The van der Waals surface area contributed by atoms with Gasteiger partial charge in [0.2, 0.25) is 21.8 Å². The van der Waals surface area contributed by atoms with Crippen molar-refractivity contribution in [2.75, 3.05) is 30.2 Å². The van der Waals surface area contributed by atoms with Crippen molar-refractivity contribution in [1.29, 1.82) is 0 Å². The lowest BCUT2D eigenvalue weighted by atomic mass is 10.1. The molecule has 2 aromatic carbocycles. The van der Waals surface area contributed by atoms with Crippen LogP contribution in [0.2, 0.25) is 0 Å². The van der Waals surface area contributed by atoms with Gasteiger partial charge in [0.05, 0.1) is 11.9 Å². The maximum absolute atomic E-state index is 13.6. The van der Waals surface area contributed by atoms with Gasteiger partial charge in [0.25, 0.3) is 0 Å². The molecule has 0 bridgehead atoms. The van der Waals surface area contributed by atoms with Crippen LogP contribution in [0.3, 0.4) is 0 Å². The van der Waals surface area contributed by atoms with Crippen molar-refractivity contribution in [1.82, 2.24) is 10.2 Å². The Hall–Kier alpha value is -2.87. The Morgan fingerprint density at radius 2 is 1.57 bits per heavy atom. The van der Waals surface area contributed by atoms with Crippen molar-refractivity contribution in [3.05, 3.63) is 65.7 Å². The van der Waals surface area contributed by atoms with Crippen LogP contribution in [0.1, 0.15) is 45.2 Å². The lowest BCUT2D eigenvalue weighted by Crippen LogP contribution is -2.53. The smallest absolute Gasteiger partial charge is 0.244 e. The number of nitrogens with one attached hydrogen (secondary N) is 1. The molecule has 0 saturated carbocycles. The first-order chi connectivity index (χ1) is 16.6. The van der Waals surface area contributed by atoms with Gasteiger partial charge in [0.1, 0.15) is 12.6 Å². The number of aryl methyl sites for hydroxylation is 1. The summed E-state index contributed by atoms with van der Waals surface area (Å²) < 4.78 is 26.4. The van der Waals surface area contributed by atoms with E-state index in [-0.39, 0.29) is 18.4 Å². The van der Waals surface area contributed by atoms with Crippen LogP contribution in [-0.2, 0) is 32.5 Å². The van der Waals surface area contributed by atoms with E-state index in [0.29, 0.717) is 31.6 Å². The Labute approximate surface area is 210 Å². The maximum Gasteiger partial charge on any atom is 0.244 e. The summed E-state index contributed by atoms with van der Waals surface area (Å²) in [5.41, 5.74) is 2.54. The molecule has 1 N–H and O–H groups in total. The highest BCUT2D eigenvalue weighted by molar-refractivity contribution is 7.92. The number of hydrogen-bond acceptors (Lipinski definition) is 4. The van der Waals surface area contributed by atoms with Gasteiger partial charge >= 0.3 is 0 Å². The van der Waals surface area contributed by atoms with Crippen LogP contribution in [0.25, 0.3) is 0 Å². The number of anilines is 1. The molecule has 0 aliphatic rings. The van der Waals surface area contributed by atoms with Crippen LogP contribution in [0, 0.1) is 5.92 Å².